The van der Waals surface area contributed by atoms with Crippen molar-refractivity contribution in [2.24, 2.45) is 0 Å². The third-order valence-electron chi connectivity index (χ3n) is 4.81. The Kier molecular flexibility index (Phi) is 5.61. The van der Waals surface area contributed by atoms with E-state index in [0.29, 0.717) is 18.7 Å². The van der Waals surface area contributed by atoms with Crippen LogP contribution >= 0.6 is 0 Å². The van der Waals surface area contributed by atoms with Crippen molar-refractivity contribution >= 4 is 24.2 Å². The first-order chi connectivity index (χ1) is 11.2. The first kappa shape index (κ1) is 18.8. The van der Waals surface area contributed by atoms with E-state index >= 15 is 0 Å². The predicted octanol–water partition coefficient (Wildman–Crippen LogP) is 2.45. The highest BCUT2D eigenvalue weighted by atomic mass is 16.7. The maximum absolute atomic E-state index is 11.4. The molecular weight excluding hydrogens is 305 g/mol. The van der Waals surface area contributed by atoms with Crippen molar-refractivity contribution in [3.8, 4) is 0 Å². The maximum atomic E-state index is 11.4. The van der Waals surface area contributed by atoms with Gasteiger partial charge in [0.15, 0.2) is 0 Å². The Morgan fingerprint density at radius 1 is 1.21 bits per heavy atom. The van der Waals surface area contributed by atoms with E-state index in [2.05, 4.69) is 0 Å². The van der Waals surface area contributed by atoms with Crippen molar-refractivity contribution in [3.63, 3.8) is 0 Å². The summed E-state index contributed by atoms with van der Waals surface area (Å²) in [6.45, 7) is 10.3. The second-order valence-electron chi connectivity index (χ2n) is 7.21. The molecule has 1 heterocycles. The van der Waals surface area contributed by atoms with E-state index in [-0.39, 0.29) is 17.2 Å². The Morgan fingerprint density at radius 3 is 2.38 bits per heavy atom. The molecule has 0 saturated carbocycles. The van der Waals surface area contributed by atoms with Gasteiger partial charge in [0.2, 0.25) is 0 Å². The fourth-order valence-corrected chi connectivity index (χ4v) is 2.63. The van der Waals surface area contributed by atoms with Gasteiger partial charge in [-0.25, -0.2) is 0 Å². The van der Waals surface area contributed by atoms with Gasteiger partial charge in [0.1, 0.15) is 0 Å². The van der Waals surface area contributed by atoms with E-state index in [1.54, 1.807) is 0 Å². The Balaban J connectivity index is 1.99. The molecule has 0 amide bonds. The molecule has 132 valence electrons. The molecule has 1 saturated heterocycles. The number of aryl methyl sites for hydroxylation is 1. The number of nitrogens with two attached hydrogens (primary N) is 1. The number of esters is 1. The molecule has 1 aromatic carbocycles. The normalized spacial score (nSPS) is 18.6. The summed E-state index contributed by atoms with van der Waals surface area (Å²) in [5.41, 5.74) is 8.03. The summed E-state index contributed by atoms with van der Waals surface area (Å²) < 4.78 is 17.0. The highest BCUT2D eigenvalue weighted by molar-refractivity contribution is 6.63. The SMILES string of the molecule is CCOC(=O)CCCc1ccc(B2OC(C)(C)C(C)(C)O2)c(N)c1. The lowest BCUT2D eigenvalue weighted by atomic mass is 9.77. The van der Waals surface area contributed by atoms with Gasteiger partial charge in [-0.1, -0.05) is 12.1 Å². The third kappa shape index (κ3) is 4.11. The lowest BCUT2D eigenvalue weighted by Gasteiger charge is -2.32. The van der Waals surface area contributed by atoms with Crippen LogP contribution in [0.1, 0.15) is 53.0 Å². The molecule has 6 heteroatoms. The van der Waals surface area contributed by atoms with Gasteiger partial charge in [-0.2, -0.15) is 0 Å². The molecule has 5 nitrogen and oxygen atoms in total. The second kappa shape index (κ2) is 7.15. The number of carbonyl (C=O) groups is 1. The first-order valence-corrected chi connectivity index (χ1v) is 8.56. The average molecular weight is 333 g/mol. The molecule has 2 rings (SSSR count). The number of ether oxygens (including phenoxy) is 1. The zero-order chi connectivity index (χ0) is 18.0. The summed E-state index contributed by atoms with van der Waals surface area (Å²) in [6, 6.07) is 5.91. The molecule has 1 aliphatic rings. The standard InChI is InChI=1S/C18H28BNO4/c1-6-22-16(21)9-7-8-13-10-11-14(15(20)12-13)19-23-17(2,3)18(4,5)24-19/h10-12H,6-9,20H2,1-5H3. The van der Waals surface area contributed by atoms with Crippen LogP contribution in [-0.2, 0) is 25.3 Å². The number of hydrogen-bond acceptors (Lipinski definition) is 5. The van der Waals surface area contributed by atoms with Crippen LogP contribution in [0.2, 0.25) is 0 Å². The van der Waals surface area contributed by atoms with Crippen LogP contribution < -0.4 is 11.2 Å². The summed E-state index contributed by atoms with van der Waals surface area (Å²) >= 11 is 0. The smallest absolute Gasteiger partial charge is 0.466 e. The average Bonchev–Trinajstić information content (AvgIpc) is 2.67. The minimum Gasteiger partial charge on any atom is -0.466 e. The topological polar surface area (TPSA) is 70.8 Å². The van der Waals surface area contributed by atoms with Gasteiger partial charge in [-0.3, -0.25) is 4.79 Å². The van der Waals surface area contributed by atoms with Crippen molar-refractivity contribution in [3.05, 3.63) is 23.8 Å². The lowest BCUT2D eigenvalue weighted by Crippen LogP contribution is -2.41. The Labute approximate surface area is 145 Å². The molecule has 1 fully saturated rings. The van der Waals surface area contributed by atoms with Gasteiger partial charge >= 0.3 is 13.1 Å². The van der Waals surface area contributed by atoms with Crippen LogP contribution in [-0.4, -0.2) is 30.9 Å². The van der Waals surface area contributed by atoms with E-state index < -0.39 is 7.12 Å². The van der Waals surface area contributed by atoms with Crippen molar-refractivity contribution in [1.29, 1.82) is 0 Å². The third-order valence-corrected chi connectivity index (χ3v) is 4.81. The molecular formula is C18H28BNO4. The minimum atomic E-state index is -0.455. The molecule has 0 spiro atoms. The number of rotatable bonds is 6. The van der Waals surface area contributed by atoms with Crippen molar-refractivity contribution in [1.82, 2.24) is 0 Å². The minimum absolute atomic E-state index is 0.153. The zero-order valence-corrected chi connectivity index (χ0v) is 15.3. The summed E-state index contributed by atoms with van der Waals surface area (Å²) in [7, 11) is -0.455. The fourth-order valence-electron chi connectivity index (χ4n) is 2.63. The van der Waals surface area contributed by atoms with Crippen molar-refractivity contribution in [2.45, 2.75) is 65.1 Å². The molecule has 0 aliphatic carbocycles. The lowest BCUT2D eigenvalue weighted by molar-refractivity contribution is -0.143. The van der Waals surface area contributed by atoms with Crippen LogP contribution in [0, 0.1) is 0 Å². The number of hydrogen-bond donors (Lipinski definition) is 1. The molecule has 24 heavy (non-hydrogen) atoms. The van der Waals surface area contributed by atoms with E-state index in [4.69, 9.17) is 19.8 Å². The molecule has 0 radical (unpaired) electrons. The molecule has 0 bridgehead atoms. The highest BCUT2D eigenvalue weighted by Gasteiger charge is 2.52. The Morgan fingerprint density at radius 2 is 1.83 bits per heavy atom. The molecule has 0 aromatic heterocycles. The van der Waals surface area contributed by atoms with Gasteiger partial charge in [-0.05, 0) is 59.1 Å². The monoisotopic (exact) mass is 333 g/mol. The second-order valence-corrected chi connectivity index (χ2v) is 7.21. The van der Waals surface area contributed by atoms with Crippen LogP contribution in [0.15, 0.2) is 18.2 Å². The molecule has 2 N–H and O–H groups in total. The van der Waals surface area contributed by atoms with Crippen LogP contribution in [0.4, 0.5) is 5.69 Å². The molecule has 0 atom stereocenters. The maximum Gasteiger partial charge on any atom is 0.496 e. The van der Waals surface area contributed by atoms with Gasteiger partial charge in [-0.15, -0.1) is 0 Å². The van der Waals surface area contributed by atoms with Crippen LogP contribution in [0.3, 0.4) is 0 Å². The van der Waals surface area contributed by atoms with Gasteiger partial charge < -0.3 is 19.8 Å². The molecule has 1 aromatic rings. The highest BCUT2D eigenvalue weighted by Crippen LogP contribution is 2.36. The van der Waals surface area contributed by atoms with Crippen LogP contribution in [0.25, 0.3) is 0 Å². The van der Waals surface area contributed by atoms with E-state index in [1.807, 2.05) is 52.8 Å². The summed E-state index contributed by atoms with van der Waals surface area (Å²) in [6.07, 6.45) is 1.95. The number of benzene rings is 1. The van der Waals surface area contributed by atoms with Crippen molar-refractivity contribution in [2.75, 3.05) is 12.3 Å². The Bertz CT molecular complexity index is 585. The van der Waals surface area contributed by atoms with E-state index in [1.165, 1.54) is 0 Å². The molecule has 0 unspecified atom stereocenters. The van der Waals surface area contributed by atoms with Gasteiger partial charge in [0.05, 0.1) is 17.8 Å². The summed E-state index contributed by atoms with van der Waals surface area (Å²) in [4.78, 5) is 11.4. The first-order valence-electron chi connectivity index (χ1n) is 8.56. The Hall–Kier alpha value is -1.53. The van der Waals surface area contributed by atoms with Gasteiger partial charge in [0.25, 0.3) is 0 Å². The largest absolute Gasteiger partial charge is 0.496 e. The van der Waals surface area contributed by atoms with Crippen molar-refractivity contribution < 1.29 is 18.8 Å². The zero-order valence-electron chi connectivity index (χ0n) is 15.3. The van der Waals surface area contributed by atoms with Crippen LogP contribution in [0.5, 0.6) is 0 Å². The quantitative estimate of drug-likeness (QED) is 0.492. The molecule has 1 aliphatic heterocycles. The van der Waals surface area contributed by atoms with E-state index in [9.17, 15) is 4.79 Å². The van der Waals surface area contributed by atoms with Gasteiger partial charge in [0, 0.05) is 17.6 Å². The predicted molar refractivity (Wildman–Crippen MR) is 96.1 cm³/mol. The fraction of sp³-hybridized carbons (Fsp3) is 0.611. The summed E-state index contributed by atoms with van der Waals surface area (Å²) in [5.74, 6) is -0.153. The number of nitrogen functional groups attached to an aromatic ring is 1. The van der Waals surface area contributed by atoms with E-state index in [0.717, 1.165) is 23.9 Å². The number of carbonyl (C=O) groups excluding carboxylic acids is 1. The number of anilines is 1. The summed E-state index contributed by atoms with van der Waals surface area (Å²) in [5, 5.41) is 0.